The average molecular weight is 482 g/mol. The minimum Gasteiger partial charge on any atom is -0.380 e. The summed E-state index contributed by atoms with van der Waals surface area (Å²) in [5, 5.41) is 9.31. The van der Waals surface area contributed by atoms with Gasteiger partial charge in [-0.05, 0) is 24.3 Å². The van der Waals surface area contributed by atoms with Crippen LogP contribution in [0, 0.1) is 23.2 Å². The first-order chi connectivity index (χ1) is 15.4. The summed E-state index contributed by atoms with van der Waals surface area (Å²) >= 11 is 0. The molecule has 0 radical (unpaired) electrons. The van der Waals surface area contributed by atoms with E-state index >= 15 is 0 Å². The lowest BCUT2D eigenvalue weighted by Gasteiger charge is -2.41. The van der Waals surface area contributed by atoms with Crippen molar-refractivity contribution in [2.45, 2.75) is 33.6 Å². The van der Waals surface area contributed by atoms with Gasteiger partial charge >= 0.3 is 0 Å². The third kappa shape index (κ3) is 8.22. The van der Waals surface area contributed by atoms with Gasteiger partial charge in [0.05, 0.1) is 31.3 Å². The van der Waals surface area contributed by atoms with E-state index in [2.05, 4.69) is 5.43 Å². The number of hydrogen-bond donors (Lipinski definition) is 3. The molecule has 0 aliphatic carbocycles. The van der Waals surface area contributed by atoms with Crippen LogP contribution in [-0.2, 0) is 24.3 Å². The van der Waals surface area contributed by atoms with Gasteiger partial charge in [0.2, 0.25) is 21.8 Å². The second-order valence-electron chi connectivity index (χ2n) is 9.42. The molecule has 10 heteroatoms. The number of carbonyl (C=O) groups excluding carboxylic acids is 2. The zero-order valence-corrected chi connectivity index (χ0v) is 20.5. The quantitative estimate of drug-likeness (QED) is 0.310. The smallest absolute Gasteiger partial charge is 0.247 e. The van der Waals surface area contributed by atoms with Crippen molar-refractivity contribution in [3.05, 3.63) is 42.0 Å². The molecule has 33 heavy (non-hydrogen) atoms. The van der Waals surface area contributed by atoms with E-state index in [9.17, 15) is 23.2 Å². The SMILES string of the molecule is CC(C)C[C@@H](C(=O)NN(CC1(C)COC1)S(C)(=O)=O)[C@H](C/C=C/c1ccccc1)C(=O)NO. The standard InChI is InChI=1S/C23H35N3O6S/c1-17(2)13-20(19(22(28)25-29)12-8-11-18-9-6-5-7-10-18)21(27)24-26(33(4,30)31)14-23(3)15-32-16-23/h5-11,17,19-20,29H,12-16H2,1-4H3,(H,24,27)(H,25,28)/b11-8+/t19-,20+/m0/s1. The molecule has 1 fully saturated rings. The first kappa shape index (κ1) is 27.0. The molecule has 0 bridgehead atoms. The molecule has 1 saturated heterocycles. The van der Waals surface area contributed by atoms with Crippen molar-refractivity contribution in [1.82, 2.24) is 15.3 Å². The lowest BCUT2D eigenvalue weighted by molar-refractivity contribution is -0.143. The molecular formula is C23H35N3O6S. The lowest BCUT2D eigenvalue weighted by Crippen LogP contribution is -2.57. The van der Waals surface area contributed by atoms with Gasteiger partial charge in [-0.25, -0.2) is 13.9 Å². The molecule has 0 spiro atoms. The monoisotopic (exact) mass is 481 g/mol. The highest BCUT2D eigenvalue weighted by atomic mass is 32.2. The van der Waals surface area contributed by atoms with Crippen LogP contribution < -0.4 is 10.9 Å². The molecule has 0 unspecified atom stereocenters. The maximum Gasteiger partial charge on any atom is 0.247 e. The molecular weight excluding hydrogens is 446 g/mol. The van der Waals surface area contributed by atoms with Gasteiger partial charge in [0.1, 0.15) is 0 Å². The summed E-state index contributed by atoms with van der Waals surface area (Å²) in [6.07, 6.45) is 5.16. The fraction of sp³-hybridized carbons (Fsp3) is 0.565. The Bertz CT molecular complexity index is 929. The van der Waals surface area contributed by atoms with Crippen LogP contribution in [0.15, 0.2) is 36.4 Å². The first-order valence-electron chi connectivity index (χ1n) is 11.0. The van der Waals surface area contributed by atoms with Crippen molar-refractivity contribution >= 4 is 27.9 Å². The fourth-order valence-corrected chi connectivity index (χ4v) is 4.55. The highest BCUT2D eigenvalue weighted by molar-refractivity contribution is 7.88. The van der Waals surface area contributed by atoms with E-state index in [1.54, 1.807) is 11.6 Å². The molecule has 0 saturated carbocycles. The lowest BCUT2D eigenvalue weighted by atomic mass is 9.82. The van der Waals surface area contributed by atoms with Crippen LogP contribution in [0.3, 0.4) is 0 Å². The highest BCUT2D eigenvalue weighted by Gasteiger charge is 2.40. The van der Waals surface area contributed by atoms with Crippen molar-refractivity contribution in [3.8, 4) is 0 Å². The zero-order valence-electron chi connectivity index (χ0n) is 19.7. The predicted molar refractivity (Wildman–Crippen MR) is 125 cm³/mol. The number of hydrogen-bond acceptors (Lipinski definition) is 6. The molecule has 1 aliphatic heterocycles. The molecule has 1 aromatic carbocycles. The number of sulfonamides is 1. The molecule has 2 atom stereocenters. The number of ether oxygens (including phenoxy) is 1. The minimum absolute atomic E-state index is 0.0529. The van der Waals surface area contributed by atoms with Crippen LogP contribution in [0.25, 0.3) is 6.08 Å². The van der Waals surface area contributed by atoms with E-state index in [0.29, 0.717) is 19.6 Å². The highest BCUT2D eigenvalue weighted by Crippen LogP contribution is 2.29. The summed E-state index contributed by atoms with van der Waals surface area (Å²) in [5.41, 5.74) is 4.72. The Morgan fingerprint density at radius 1 is 1.18 bits per heavy atom. The maximum atomic E-state index is 13.3. The van der Waals surface area contributed by atoms with Crippen LogP contribution in [0.2, 0.25) is 0 Å². The molecule has 0 aromatic heterocycles. The minimum atomic E-state index is -3.75. The van der Waals surface area contributed by atoms with Gasteiger partial charge in [-0.1, -0.05) is 63.3 Å². The number of hydroxylamine groups is 1. The van der Waals surface area contributed by atoms with Crippen LogP contribution in [0.5, 0.6) is 0 Å². The Balaban J connectivity index is 2.24. The molecule has 9 nitrogen and oxygen atoms in total. The summed E-state index contributed by atoms with van der Waals surface area (Å²) in [4.78, 5) is 25.8. The second kappa shape index (κ2) is 11.7. The summed E-state index contributed by atoms with van der Waals surface area (Å²) < 4.78 is 30.8. The topological polar surface area (TPSA) is 125 Å². The third-order valence-corrected chi connectivity index (χ3v) is 6.58. The molecule has 3 N–H and O–H groups in total. The summed E-state index contributed by atoms with van der Waals surface area (Å²) in [6, 6.07) is 9.49. The van der Waals surface area contributed by atoms with E-state index < -0.39 is 39.1 Å². The van der Waals surface area contributed by atoms with Crippen LogP contribution >= 0.6 is 0 Å². The third-order valence-electron chi connectivity index (χ3n) is 5.56. The van der Waals surface area contributed by atoms with E-state index in [-0.39, 0.29) is 18.9 Å². The van der Waals surface area contributed by atoms with E-state index in [1.807, 2.05) is 57.2 Å². The summed E-state index contributed by atoms with van der Waals surface area (Å²) in [5.74, 6) is -2.97. The largest absolute Gasteiger partial charge is 0.380 e. The number of nitrogens with zero attached hydrogens (tertiary/aromatic N) is 1. The first-order valence-corrected chi connectivity index (χ1v) is 12.8. The Labute approximate surface area is 196 Å². The van der Waals surface area contributed by atoms with Crippen LogP contribution in [-0.4, -0.2) is 55.9 Å². The predicted octanol–water partition coefficient (Wildman–Crippen LogP) is 2.20. The summed E-state index contributed by atoms with van der Waals surface area (Å²) in [7, 11) is -3.75. The van der Waals surface area contributed by atoms with Gasteiger partial charge in [0.15, 0.2) is 0 Å². The van der Waals surface area contributed by atoms with Crippen molar-refractivity contribution in [3.63, 3.8) is 0 Å². The number of hydrazine groups is 1. The van der Waals surface area contributed by atoms with Gasteiger partial charge in [0, 0.05) is 12.0 Å². The number of amides is 2. The van der Waals surface area contributed by atoms with Gasteiger partial charge in [-0.3, -0.25) is 20.2 Å². The number of nitrogens with one attached hydrogen (secondary N) is 2. The van der Waals surface area contributed by atoms with Gasteiger partial charge in [-0.15, -0.1) is 4.41 Å². The Morgan fingerprint density at radius 2 is 1.82 bits per heavy atom. The van der Waals surface area contributed by atoms with Crippen molar-refractivity contribution in [2.75, 3.05) is 26.0 Å². The van der Waals surface area contributed by atoms with Crippen LogP contribution in [0.1, 0.15) is 39.2 Å². The average Bonchev–Trinajstić information content (AvgIpc) is 2.73. The molecule has 2 rings (SSSR count). The second-order valence-corrected chi connectivity index (χ2v) is 11.3. The van der Waals surface area contributed by atoms with Crippen molar-refractivity contribution in [1.29, 1.82) is 0 Å². The van der Waals surface area contributed by atoms with Gasteiger partial charge < -0.3 is 4.74 Å². The van der Waals surface area contributed by atoms with Crippen LogP contribution in [0.4, 0.5) is 0 Å². The number of rotatable bonds is 12. The molecule has 1 aromatic rings. The van der Waals surface area contributed by atoms with Gasteiger partial charge in [-0.2, -0.15) is 0 Å². The van der Waals surface area contributed by atoms with Crippen molar-refractivity contribution < 1.29 is 28.0 Å². The number of allylic oxidation sites excluding steroid dienone is 1. The number of carbonyl (C=O) groups is 2. The van der Waals surface area contributed by atoms with E-state index in [1.165, 1.54) is 0 Å². The normalized spacial score (nSPS) is 17.5. The molecule has 2 amide bonds. The fourth-order valence-electron chi connectivity index (χ4n) is 3.75. The Hall–Kier alpha value is -2.27. The van der Waals surface area contributed by atoms with E-state index in [4.69, 9.17) is 4.74 Å². The maximum absolute atomic E-state index is 13.3. The zero-order chi connectivity index (χ0) is 24.6. The molecule has 1 heterocycles. The summed E-state index contributed by atoms with van der Waals surface area (Å²) in [6.45, 7) is 6.55. The van der Waals surface area contributed by atoms with Gasteiger partial charge in [0.25, 0.3) is 0 Å². The Kier molecular flexibility index (Phi) is 9.59. The number of benzene rings is 1. The van der Waals surface area contributed by atoms with Crippen molar-refractivity contribution in [2.24, 2.45) is 23.2 Å². The van der Waals surface area contributed by atoms with E-state index in [0.717, 1.165) is 16.2 Å². The Morgan fingerprint density at radius 3 is 2.30 bits per heavy atom. The molecule has 184 valence electrons. The molecule has 1 aliphatic rings.